The Hall–Kier alpha value is -1.11. The Morgan fingerprint density at radius 3 is 2.60 bits per heavy atom. The van der Waals surface area contributed by atoms with Gasteiger partial charge in [0.15, 0.2) is 0 Å². The van der Waals surface area contributed by atoms with Gasteiger partial charge in [-0.1, -0.05) is 6.07 Å². The summed E-state index contributed by atoms with van der Waals surface area (Å²) in [4.78, 5) is 0.201. The van der Waals surface area contributed by atoms with E-state index in [1.807, 2.05) is 6.92 Å². The van der Waals surface area contributed by atoms with Gasteiger partial charge in [-0.25, -0.2) is 8.42 Å². The van der Waals surface area contributed by atoms with E-state index in [4.69, 9.17) is 10.5 Å². The molecule has 0 heterocycles. The van der Waals surface area contributed by atoms with Crippen LogP contribution in [0, 0.1) is 5.92 Å². The summed E-state index contributed by atoms with van der Waals surface area (Å²) < 4.78 is 32.1. The van der Waals surface area contributed by atoms with Crippen molar-refractivity contribution < 1.29 is 13.2 Å². The average Bonchev–Trinajstić information content (AvgIpc) is 3.29. The quantitative estimate of drug-likeness (QED) is 0.865. The van der Waals surface area contributed by atoms with Crippen LogP contribution in [0.4, 0.5) is 0 Å². The molecule has 2 rings (SSSR count). The summed E-state index contributed by atoms with van der Waals surface area (Å²) >= 11 is 0. The molecule has 1 atom stereocenters. The summed E-state index contributed by atoms with van der Waals surface area (Å²) in [6, 6.07) is 5.00. The molecule has 0 aromatic heterocycles. The van der Waals surface area contributed by atoms with Gasteiger partial charge >= 0.3 is 0 Å². The minimum absolute atomic E-state index is 0.0129. The van der Waals surface area contributed by atoms with Crippen molar-refractivity contribution in [2.24, 2.45) is 11.7 Å². The minimum atomic E-state index is -3.54. The van der Waals surface area contributed by atoms with Gasteiger partial charge in [0.05, 0.1) is 7.11 Å². The van der Waals surface area contributed by atoms with Crippen molar-refractivity contribution in [1.82, 2.24) is 4.31 Å². The first kappa shape index (κ1) is 15.3. The predicted octanol–water partition coefficient (Wildman–Crippen LogP) is 1.57. The smallest absolute Gasteiger partial charge is 0.246 e. The number of hydrogen-bond acceptors (Lipinski definition) is 4. The summed E-state index contributed by atoms with van der Waals surface area (Å²) in [5, 5.41) is 0. The van der Waals surface area contributed by atoms with Crippen LogP contribution in [0.15, 0.2) is 23.1 Å². The molecule has 1 saturated carbocycles. The molecule has 1 aliphatic carbocycles. The molecule has 1 aliphatic rings. The van der Waals surface area contributed by atoms with Crippen molar-refractivity contribution in [3.8, 4) is 5.75 Å². The molecule has 0 aliphatic heterocycles. The largest absolute Gasteiger partial charge is 0.495 e. The minimum Gasteiger partial charge on any atom is -0.495 e. The highest BCUT2D eigenvalue weighted by atomic mass is 32.2. The maximum atomic E-state index is 12.7. The van der Waals surface area contributed by atoms with E-state index in [1.54, 1.807) is 25.2 Å². The fraction of sp³-hybridized carbons (Fsp3) is 0.571. The second-order valence-electron chi connectivity index (χ2n) is 5.29. The number of hydrogen-bond donors (Lipinski definition) is 1. The van der Waals surface area contributed by atoms with E-state index in [0.29, 0.717) is 18.2 Å². The van der Waals surface area contributed by atoms with Crippen molar-refractivity contribution in [3.05, 3.63) is 23.8 Å². The summed E-state index contributed by atoms with van der Waals surface area (Å²) in [6.45, 7) is 2.31. The standard InChI is InChI=1S/C14H22N2O3S/c1-10(12-5-6-12)16(2)20(17,18)14-7-4-11(9-15)8-13(14)19-3/h4,7-8,10,12H,5-6,9,15H2,1-3H3. The van der Waals surface area contributed by atoms with E-state index in [0.717, 1.165) is 18.4 Å². The normalized spacial score (nSPS) is 17.2. The van der Waals surface area contributed by atoms with Gasteiger partial charge in [0.25, 0.3) is 0 Å². The van der Waals surface area contributed by atoms with E-state index < -0.39 is 10.0 Å². The lowest BCUT2D eigenvalue weighted by Crippen LogP contribution is -2.36. The topological polar surface area (TPSA) is 72.6 Å². The maximum absolute atomic E-state index is 12.7. The fourth-order valence-corrected chi connectivity index (χ4v) is 3.86. The second kappa shape index (κ2) is 5.71. The molecule has 5 nitrogen and oxygen atoms in total. The van der Waals surface area contributed by atoms with Crippen LogP contribution in [-0.4, -0.2) is 32.9 Å². The Bertz CT molecular complexity index is 582. The first-order valence-electron chi connectivity index (χ1n) is 6.76. The van der Waals surface area contributed by atoms with Gasteiger partial charge in [0, 0.05) is 19.6 Å². The molecular weight excluding hydrogens is 276 g/mol. The van der Waals surface area contributed by atoms with Gasteiger partial charge in [-0.3, -0.25) is 0 Å². The number of rotatable bonds is 6. The van der Waals surface area contributed by atoms with Gasteiger partial charge < -0.3 is 10.5 Å². The number of nitrogens with zero attached hydrogens (tertiary/aromatic N) is 1. The molecular formula is C14H22N2O3S. The predicted molar refractivity (Wildman–Crippen MR) is 78.0 cm³/mol. The molecule has 1 aromatic carbocycles. The van der Waals surface area contributed by atoms with Crippen LogP contribution in [0.2, 0.25) is 0 Å². The van der Waals surface area contributed by atoms with Crippen molar-refractivity contribution in [3.63, 3.8) is 0 Å². The van der Waals surface area contributed by atoms with Crippen LogP contribution in [-0.2, 0) is 16.6 Å². The summed E-state index contributed by atoms with van der Waals surface area (Å²) in [5.74, 6) is 0.826. The number of benzene rings is 1. The van der Waals surface area contributed by atoms with E-state index in [1.165, 1.54) is 11.4 Å². The number of ether oxygens (including phenoxy) is 1. The molecule has 0 saturated heterocycles. The molecule has 1 fully saturated rings. The fourth-order valence-electron chi connectivity index (χ4n) is 2.30. The molecule has 0 spiro atoms. The molecule has 0 bridgehead atoms. The first-order chi connectivity index (χ1) is 9.41. The molecule has 0 amide bonds. The Labute approximate surface area is 120 Å². The molecule has 1 aromatic rings. The van der Waals surface area contributed by atoms with Gasteiger partial charge in [-0.15, -0.1) is 0 Å². The monoisotopic (exact) mass is 298 g/mol. The third-order valence-corrected chi connectivity index (χ3v) is 5.98. The zero-order chi connectivity index (χ0) is 14.9. The van der Waals surface area contributed by atoms with E-state index >= 15 is 0 Å². The van der Waals surface area contributed by atoms with Gasteiger partial charge in [0.2, 0.25) is 10.0 Å². The number of sulfonamides is 1. The Morgan fingerprint density at radius 2 is 2.10 bits per heavy atom. The summed E-state index contributed by atoms with van der Waals surface area (Å²) in [5.41, 5.74) is 6.42. The number of methoxy groups -OCH3 is 1. The molecule has 112 valence electrons. The van der Waals surface area contributed by atoms with Gasteiger partial charge in [-0.2, -0.15) is 4.31 Å². The zero-order valence-corrected chi connectivity index (χ0v) is 13.0. The van der Waals surface area contributed by atoms with Crippen LogP contribution >= 0.6 is 0 Å². The van der Waals surface area contributed by atoms with Crippen molar-refractivity contribution in [1.29, 1.82) is 0 Å². The van der Waals surface area contributed by atoms with E-state index in [2.05, 4.69) is 0 Å². The van der Waals surface area contributed by atoms with Crippen LogP contribution in [0.1, 0.15) is 25.3 Å². The van der Waals surface area contributed by atoms with E-state index in [-0.39, 0.29) is 10.9 Å². The van der Waals surface area contributed by atoms with Crippen LogP contribution in [0.3, 0.4) is 0 Å². The Morgan fingerprint density at radius 1 is 1.45 bits per heavy atom. The Balaban J connectivity index is 2.37. The summed E-state index contributed by atoms with van der Waals surface area (Å²) in [6.07, 6.45) is 2.20. The first-order valence-corrected chi connectivity index (χ1v) is 8.20. The van der Waals surface area contributed by atoms with Crippen molar-refractivity contribution in [2.45, 2.75) is 37.2 Å². The highest BCUT2D eigenvalue weighted by Gasteiger charge is 2.37. The molecule has 6 heteroatoms. The van der Waals surface area contributed by atoms with Crippen LogP contribution < -0.4 is 10.5 Å². The lowest BCUT2D eigenvalue weighted by molar-refractivity contribution is 0.352. The summed E-state index contributed by atoms with van der Waals surface area (Å²) in [7, 11) is -0.439. The highest BCUT2D eigenvalue weighted by Crippen LogP contribution is 2.37. The lowest BCUT2D eigenvalue weighted by Gasteiger charge is -2.25. The van der Waals surface area contributed by atoms with Crippen LogP contribution in [0.5, 0.6) is 5.75 Å². The molecule has 20 heavy (non-hydrogen) atoms. The molecule has 1 unspecified atom stereocenters. The highest BCUT2D eigenvalue weighted by molar-refractivity contribution is 7.89. The van der Waals surface area contributed by atoms with Gasteiger partial charge in [-0.05, 0) is 43.4 Å². The van der Waals surface area contributed by atoms with Crippen molar-refractivity contribution in [2.75, 3.05) is 14.2 Å². The maximum Gasteiger partial charge on any atom is 0.246 e. The SMILES string of the molecule is COc1cc(CN)ccc1S(=O)(=O)N(C)C(C)C1CC1. The molecule has 2 N–H and O–H groups in total. The second-order valence-corrected chi connectivity index (χ2v) is 7.25. The lowest BCUT2D eigenvalue weighted by atomic mass is 10.2. The molecule has 0 radical (unpaired) electrons. The van der Waals surface area contributed by atoms with Gasteiger partial charge in [0.1, 0.15) is 10.6 Å². The third-order valence-electron chi connectivity index (χ3n) is 4.00. The average molecular weight is 298 g/mol. The Kier molecular flexibility index (Phi) is 4.36. The van der Waals surface area contributed by atoms with Crippen molar-refractivity contribution >= 4 is 10.0 Å². The van der Waals surface area contributed by atoms with E-state index in [9.17, 15) is 8.42 Å². The number of nitrogens with two attached hydrogens (primary N) is 1. The van der Waals surface area contributed by atoms with Crippen LogP contribution in [0.25, 0.3) is 0 Å². The third kappa shape index (κ3) is 2.82. The zero-order valence-electron chi connectivity index (χ0n) is 12.2.